The predicted molar refractivity (Wildman–Crippen MR) is 336 cm³/mol. The number of aromatic nitrogens is 4. The van der Waals surface area contributed by atoms with Gasteiger partial charge in [0, 0.05) is 107 Å². The molecule has 1 aliphatic carbocycles. The van der Waals surface area contributed by atoms with Gasteiger partial charge in [0.05, 0.1) is 54.6 Å². The molecule has 0 radical (unpaired) electrons. The third-order valence-corrected chi connectivity index (χ3v) is 17.6. The number of β-amino-alcohol motifs (C(OH)–C–C–N with tert-alkyl or cyclic N) is 1. The van der Waals surface area contributed by atoms with Crippen molar-refractivity contribution in [2.75, 3.05) is 75.9 Å². The Hall–Kier alpha value is -7.99. The van der Waals surface area contributed by atoms with Crippen LogP contribution >= 0.6 is 11.3 Å². The zero-order valence-corrected chi connectivity index (χ0v) is 51.2. The molecule has 464 valence electrons. The first-order chi connectivity index (χ1) is 42.3. The Morgan fingerprint density at radius 1 is 0.909 bits per heavy atom. The summed E-state index contributed by atoms with van der Waals surface area (Å²) in [6.07, 6.45) is 6.79. The van der Waals surface area contributed by atoms with Crippen LogP contribution in [0.5, 0.6) is 0 Å². The van der Waals surface area contributed by atoms with Crippen LogP contribution in [0.1, 0.15) is 87.5 Å². The van der Waals surface area contributed by atoms with E-state index in [9.17, 15) is 39.0 Å². The minimum Gasteiger partial charge on any atom is -0.392 e. The number of carbonyl (C=O) groups is 4. The van der Waals surface area contributed by atoms with E-state index in [1.807, 2.05) is 57.2 Å². The normalized spacial score (nSPS) is 16.7. The monoisotopic (exact) mass is 1220 g/mol. The van der Waals surface area contributed by atoms with Gasteiger partial charge in [-0.3, -0.25) is 38.2 Å². The number of amides is 3. The highest BCUT2D eigenvalue weighted by molar-refractivity contribution is 7.13. The number of ketones is 1. The fourth-order valence-corrected chi connectivity index (χ4v) is 12.3. The summed E-state index contributed by atoms with van der Waals surface area (Å²) in [5.41, 5.74) is 4.92. The van der Waals surface area contributed by atoms with Crippen molar-refractivity contribution >= 4 is 62.9 Å². The molecule has 0 spiro atoms. The molecule has 0 bridgehead atoms. The van der Waals surface area contributed by atoms with E-state index in [1.54, 1.807) is 67.3 Å². The lowest BCUT2D eigenvalue weighted by Gasteiger charge is -2.35. The molecule has 20 nitrogen and oxygen atoms in total. The van der Waals surface area contributed by atoms with Crippen molar-refractivity contribution in [2.24, 2.45) is 12.5 Å². The van der Waals surface area contributed by atoms with Crippen LogP contribution in [0, 0.1) is 18.2 Å². The molecule has 2 saturated heterocycles. The minimum absolute atomic E-state index is 0.0130. The highest BCUT2D eigenvalue weighted by atomic mass is 32.1. The number of Topliss-reactive ketones (excluding diaryl/α,β-unsaturated/α-hetero) is 1. The Morgan fingerprint density at radius 3 is 2.40 bits per heavy atom. The number of anilines is 3. The summed E-state index contributed by atoms with van der Waals surface area (Å²) >= 11 is 1.67. The van der Waals surface area contributed by atoms with Crippen molar-refractivity contribution in [1.82, 2.24) is 39.5 Å². The molecule has 5 N–H and O–H groups in total. The molecule has 3 amide bonds. The fraction of sp³-hybridized carbons (Fsp3) is 0.424. The first-order valence-corrected chi connectivity index (χ1v) is 30.9. The average molecular weight is 1220 g/mol. The number of hydrogen-bond acceptors (Lipinski definition) is 16. The number of ether oxygens (including phenoxy) is 2. The number of halogens is 1. The smallest absolute Gasteiger partial charge is 0.293 e. The molecule has 7 aromatic rings. The quantitative estimate of drug-likeness (QED) is 0.0357. The molecule has 88 heavy (non-hydrogen) atoms. The Morgan fingerprint density at radius 2 is 1.69 bits per heavy atom. The number of thiophene rings is 1. The van der Waals surface area contributed by atoms with Crippen molar-refractivity contribution in [3.8, 4) is 27.4 Å². The summed E-state index contributed by atoms with van der Waals surface area (Å²) in [4.78, 5) is 96.9. The standard InChI is InChI=1S/C66H77FN10O10S/c1-41-21-31-88-59(41)44-13-11-42(12-14-44)35-69-62(82)55-34-49(80)37-77(55)64(84)60(66(2,3)4)72-57(81)20-29-87-40-48(79)8-7-28-86-30-27-74-23-25-75(26-24-74)47-17-18-56(68-36-47)71-61-65(85)73(5)38-53(70-61)50-9-6-10-54(51(50)39-78)76-22-19-45-32-46(43-15-16-43)33-52(67)58(45)63(76)83/h6,9-14,17-19,21-22,31-33,36,38,43,49,55,60,78,80H,7-8,15-16,20,23-30,34-35,37,39-40H2,1-5H3,(H,69,82)(H,72,81)(H,68,70,71)/t49-,55+,60-/m1/s1. The SMILES string of the molecule is Cc1ccsc1-c1ccc(CNC(=O)[C@@H]2C[C@@H](O)CN2C(=O)[C@@H](NC(=O)CCOCC(=O)CCCOCCN2CCN(c3ccc(Nc4nc(-c5cccc(-n6ccc7cc(C8CC8)cc(F)c7c6=O)c5CO)cn(C)c4=O)nc3)CC2)C(C)(C)C)cc1. The number of nitrogens with one attached hydrogen (secondary N) is 3. The molecule has 3 aliphatic rings. The van der Waals surface area contributed by atoms with E-state index >= 15 is 4.39 Å². The summed E-state index contributed by atoms with van der Waals surface area (Å²) < 4.78 is 29.6. The Bertz CT molecular complexity index is 3780. The number of rotatable bonds is 25. The first-order valence-electron chi connectivity index (χ1n) is 30.1. The molecule has 2 aliphatic heterocycles. The van der Waals surface area contributed by atoms with Crippen LogP contribution < -0.4 is 32.0 Å². The zero-order chi connectivity index (χ0) is 62.2. The van der Waals surface area contributed by atoms with E-state index in [4.69, 9.17) is 9.47 Å². The lowest BCUT2D eigenvalue weighted by Crippen LogP contribution is -2.57. The van der Waals surface area contributed by atoms with Gasteiger partial charge in [-0.2, -0.15) is 0 Å². The van der Waals surface area contributed by atoms with Crippen LogP contribution in [0.15, 0.2) is 112 Å². The van der Waals surface area contributed by atoms with Crippen LogP contribution in [0.2, 0.25) is 0 Å². The summed E-state index contributed by atoms with van der Waals surface area (Å²) in [6, 6.07) is 22.1. The molecule has 3 aromatic carbocycles. The maximum Gasteiger partial charge on any atom is 0.293 e. The number of aryl methyl sites for hydroxylation is 2. The van der Waals surface area contributed by atoms with Crippen LogP contribution in [0.3, 0.4) is 0 Å². The third-order valence-electron chi connectivity index (χ3n) is 16.5. The van der Waals surface area contributed by atoms with Crippen molar-refractivity contribution < 1.29 is 43.3 Å². The summed E-state index contributed by atoms with van der Waals surface area (Å²) in [7, 11) is 1.60. The summed E-state index contributed by atoms with van der Waals surface area (Å²) in [6.45, 7) is 11.9. The highest BCUT2D eigenvalue weighted by Gasteiger charge is 2.44. The van der Waals surface area contributed by atoms with Gasteiger partial charge in [-0.15, -0.1) is 11.3 Å². The second-order valence-electron chi connectivity index (χ2n) is 24.1. The van der Waals surface area contributed by atoms with Gasteiger partial charge < -0.3 is 50.0 Å². The number of carbonyl (C=O) groups excluding carboxylic acids is 4. The Balaban J connectivity index is 0.614. The van der Waals surface area contributed by atoms with Gasteiger partial charge >= 0.3 is 0 Å². The third kappa shape index (κ3) is 15.1. The summed E-state index contributed by atoms with van der Waals surface area (Å²) in [5, 5.41) is 32.7. The number of benzene rings is 3. The van der Waals surface area contributed by atoms with Crippen molar-refractivity contribution in [3.05, 3.63) is 152 Å². The average Bonchev–Trinajstić information content (AvgIpc) is 1.28. The van der Waals surface area contributed by atoms with Gasteiger partial charge in [0.25, 0.3) is 11.1 Å². The van der Waals surface area contributed by atoms with E-state index < -0.39 is 59.0 Å². The number of fused-ring (bicyclic) bond motifs is 1. The molecule has 3 fully saturated rings. The molecule has 1 saturated carbocycles. The van der Waals surface area contributed by atoms with Gasteiger partial charge in [-0.1, -0.05) is 63.2 Å². The van der Waals surface area contributed by atoms with E-state index in [0.29, 0.717) is 59.3 Å². The molecule has 22 heteroatoms. The second kappa shape index (κ2) is 28.0. The number of aliphatic hydroxyl groups is 2. The van der Waals surface area contributed by atoms with Gasteiger partial charge in [0.2, 0.25) is 17.7 Å². The van der Waals surface area contributed by atoms with Crippen LogP contribution in [-0.4, -0.2) is 147 Å². The molecule has 0 unspecified atom stereocenters. The van der Waals surface area contributed by atoms with E-state index in [-0.39, 0.29) is 68.5 Å². The largest absolute Gasteiger partial charge is 0.392 e. The lowest BCUT2D eigenvalue weighted by atomic mass is 9.85. The van der Waals surface area contributed by atoms with E-state index in [2.05, 4.69) is 54.1 Å². The van der Waals surface area contributed by atoms with Crippen molar-refractivity contribution in [3.63, 3.8) is 0 Å². The lowest BCUT2D eigenvalue weighted by molar-refractivity contribution is -0.144. The maximum atomic E-state index is 15.4. The molecular formula is C66H77FN10O10S. The van der Waals surface area contributed by atoms with Gasteiger partial charge in [-0.25, -0.2) is 14.4 Å². The van der Waals surface area contributed by atoms with Crippen molar-refractivity contribution in [1.29, 1.82) is 0 Å². The number of aliphatic hydroxyl groups excluding tert-OH is 2. The van der Waals surface area contributed by atoms with E-state index in [1.165, 1.54) is 30.5 Å². The van der Waals surface area contributed by atoms with Crippen LogP contribution in [0.25, 0.3) is 38.2 Å². The van der Waals surface area contributed by atoms with Gasteiger partial charge in [0.1, 0.15) is 30.3 Å². The highest BCUT2D eigenvalue weighted by Crippen LogP contribution is 2.41. The van der Waals surface area contributed by atoms with E-state index in [0.717, 1.165) is 67.9 Å². The topological polar surface area (TPSA) is 243 Å². The number of hydrogen-bond donors (Lipinski definition) is 5. The molecule has 3 atom stereocenters. The van der Waals surface area contributed by atoms with Gasteiger partial charge in [-0.05, 0) is 107 Å². The Labute approximate surface area is 514 Å². The van der Waals surface area contributed by atoms with Crippen LogP contribution in [0.4, 0.5) is 21.7 Å². The first kappa shape index (κ1) is 63.0. The zero-order valence-electron chi connectivity index (χ0n) is 50.4. The maximum absolute atomic E-state index is 15.4. The number of nitrogens with zero attached hydrogens (tertiary/aromatic N) is 7. The second-order valence-corrected chi connectivity index (χ2v) is 25.0. The number of pyridine rings is 2. The number of likely N-dealkylation sites (tertiary alicyclic amines) is 1. The summed E-state index contributed by atoms with van der Waals surface area (Å²) in [5.74, 6) is -1.23. The molecular weight excluding hydrogens is 1140 g/mol. The molecule has 4 aromatic heterocycles. The van der Waals surface area contributed by atoms with Gasteiger partial charge in [0.15, 0.2) is 11.6 Å². The Kier molecular flexibility index (Phi) is 20.1. The molecule has 10 rings (SSSR count). The van der Waals surface area contributed by atoms with Crippen molar-refractivity contribution in [2.45, 2.75) is 103 Å². The molecule has 6 heterocycles. The fourth-order valence-electron chi connectivity index (χ4n) is 11.4. The number of piperazine rings is 1. The minimum atomic E-state index is -0.985. The van der Waals surface area contributed by atoms with Crippen LogP contribution in [-0.2, 0) is 48.9 Å². The predicted octanol–water partition coefficient (Wildman–Crippen LogP) is 7.14.